The summed E-state index contributed by atoms with van der Waals surface area (Å²) in [6.45, 7) is -0.431. The topological polar surface area (TPSA) is 63.6 Å². The molecule has 0 saturated carbocycles. The van der Waals surface area contributed by atoms with Crippen LogP contribution in [-0.2, 0) is 4.79 Å². The lowest BCUT2D eigenvalue weighted by Gasteiger charge is -2.08. The predicted octanol–water partition coefficient (Wildman–Crippen LogP) is 4.24. The molecule has 6 heteroatoms. The number of carbonyl (C=O) groups is 2. The van der Waals surface area contributed by atoms with Gasteiger partial charge in [0.15, 0.2) is 6.61 Å². The molecule has 0 saturated heterocycles. The first-order chi connectivity index (χ1) is 11.0. The number of carbonyl (C=O) groups excluding carboxylic acids is 1. The molecule has 0 fully saturated rings. The van der Waals surface area contributed by atoms with E-state index in [-0.39, 0.29) is 5.78 Å². The number of benzene rings is 2. The monoisotopic (exact) mass is 390 g/mol. The Hall–Kier alpha value is -2.05. The number of hydrogen-bond acceptors (Lipinski definition) is 4. The van der Waals surface area contributed by atoms with Crippen molar-refractivity contribution >= 4 is 45.5 Å². The lowest BCUT2D eigenvalue weighted by Crippen LogP contribution is -2.10. The zero-order valence-electron chi connectivity index (χ0n) is 11.8. The van der Waals surface area contributed by atoms with E-state index < -0.39 is 12.6 Å². The van der Waals surface area contributed by atoms with E-state index in [0.717, 1.165) is 9.37 Å². The first kappa shape index (κ1) is 15.8. The van der Waals surface area contributed by atoms with Crippen LogP contribution in [0.2, 0.25) is 0 Å². The van der Waals surface area contributed by atoms with Crippen LogP contribution in [0.4, 0.5) is 0 Å². The number of allylic oxidation sites excluding steroid dienone is 1. The molecular formula is C17H11BrO4S. The molecular weight excluding hydrogens is 380 g/mol. The average molecular weight is 391 g/mol. The summed E-state index contributed by atoms with van der Waals surface area (Å²) in [5, 5.41) is 8.76. The maximum absolute atomic E-state index is 12.4. The van der Waals surface area contributed by atoms with E-state index in [9.17, 15) is 9.59 Å². The molecule has 0 radical (unpaired) electrons. The quantitative estimate of drug-likeness (QED) is 0.790. The third-order valence-corrected chi connectivity index (χ3v) is 4.78. The fraction of sp³-hybridized carbons (Fsp3) is 0.0588. The Balaban J connectivity index is 1.95. The molecule has 1 heterocycles. The lowest BCUT2D eigenvalue weighted by molar-refractivity contribution is -0.139. The number of aliphatic carboxylic acids is 1. The molecule has 0 amide bonds. The number of halogens is 1. The molecule has 1 aliphatic heterocycles. The Morgan fingerprint density at radius 3 is 2.78 bits per heavy atom. The summed E-state index contributed by atoms with van der Waals surface area (Å²) < 4.78 is 6.11. The molecule has 2 aromatic rings. The molecule has 3 rings (SSSR count). The van der Waals surface area contributed by atoms with Gasteiger partial charge in [0.05, 0.1) is 4.91 Å². The second-order valence-electron chi connectivity index (χ2n) is 4.80. The smallest absolute Gasteiger partial charge is 0.341 e. The highest BCUT2D eigenvalue weighted by Gasteiger charge is 2.25. The van der Waals surface area contributed by atoms with Gasteiger partial charge in [-0.25, -0.2) is 4.79 Å². The van der Waals surface area contributed by atoms with E-state index in [0.29, 0.717) is 21.8 Å². The van der Waals surface area contributed by atoms with E-state index in [2.05, 4.69) is 15.9 Å². The highest BCUT2D eigenvalue weighted by atomic mass is 79.9. The molecule has 4 nitrogen and oxygen atoms in total. The highest BCUT2D eigenvalue weighted by Crippen LogP contribution is 2.41. The van der Waals surface area contributed by atoms with Crippen molar-refractivity contribution in [3.8, 4) is 5.75 Å². The van der Waals surface area contributed by atoms with Crippen molar-refractivity contribution in [3.63, 3.8) is 0 Å². The maximum Gasteiger partial charge on any atom is 0.341 e. The molecule has 23 heavy (non-hydrogen) atoms. The SMILES string of the molecule is O=C(O)COc1ccc(Br)cc1/C=C1\Sc2ccccc2C1=O. The number of carboxylic acids is 1. The highest BCUT2D eigenvalue weighted by molar-refractivity contribution is 9.10. The molecule has 0 bridgehead atoms. The number of rotatable bonds is 4. The van der Waals surface area contributed by atoms with E-state index >= 15 is 0 Å². The average Bonchev–Trinajstić information content (AvgIpc) is 2.83. The number of thioether (sulfide) groups is 1. The van der Waals surface area contributed by atoms with E-state index in [1.807, 2.05) is 18.2 Å². The zero-order valence-corrected chi connectivity index (χ0v) is 14.2. The summed E-state index contributed by atoms with van der Waals surface area (Å²) in [7, 11) is 0. The van der Waals surface area contributed by atoms with Crippen molar-refractivity contribution in [2.75, 3.05) is 6.61 Å². The van der Waals surface area contributed by atoms with Crippen LogP contribution in [0, 0.1) is 0 Å². The van der Waals surface area contributed by atoms with Gasteiger partial charge in [-0.1, -0.05) is 39.8 Å². The number of Topliss-reactive ketones (excluding diaryl/α,β-unsaturated/α-hetero) is 1. The molecule has 116 valence electrons. The first-order valence-electron chi connectivity index (χ1n) is 6.72. The van der Waals surface area contributed by atoms with Gasteiger partial charge in [-0.3, -0.25) is 4.79 Å². The fourth-order valence-corrected chi connectivity index (χ4v) is 3.60. The van der Waals surface area contributed by atoms with Gasteiger partial charge < -0.3 is 9.84 Å². The normalized spacial score (nSPS) is 14.8. The number of fused-ring (bicyclic) bond motifs is 1. The predicted molar refractivity (Wildman–Crippen MR) is 91.9 cm³/mol. The van der Waals surface area contributed by atoms with Gasteiger partial charge in [-0.15, -0.1) is 0 Å². The molecule has 2 aromatic carbocycles. The number of carboxylic acid groups (broad SMARTS) is 1. The van der Waals surface area contributed by atoms with Crippen LogP contribution in [0.5, 0.6) is 5.75 Å². The van der Waals surface area contributed by atoms with Crippen LogP contribution in [-0.4, -0.2) is 23.5 Å². The van der Waals surface area contributed by atoms with Crippen molar-refractivity contribution < 1.29 is 19.4 Å². The minimum absolute atomic E-state index is 0.0326. The molecule has 1 N–H and O–H groups in total. The third kappa shape index (κ3) is 3.48. The van der Waals surface area contributed by atoms with Crippen LogP contribution < -0.4 is 4.74 Å². The maximum atomic E-state index is 12.4. The Morgan fingerprint density at radius 1 is 1.26 bits per heavy atom. The Kier molecular flexibility index (Phi) is 4.54. The van der Waals surface area contributed by atoms with Crippen LogP contribution in [0.1, 0.15) is 15.9 Å². The zero-order chi connectivity index (χ0) is 16.4. The van der Waals surface area contributed by atoms with E-state index in [1.165, 1.54) is 11.8 Å². The fourth-order valence-electron chi connectivity index (χ4n) is 2.18. The molecule has 0 atom stereocenters. The lowest BCUT2D eigenvalue weighted by atomic mass is 10.1. The van der Waals surface area contributed by atoms with Crippen molar-refractivity contribution in [3.05, 3.63) is 63.0 Å². The van der Waals surface area contributed by atoms with E-state index in [4.69, 9.17) is 9.84 Å². The summed E-state index contributed by atoms with van der Waals surface area (Å²) in [6.07, 6.45) is 1.73. The van der Waals surface area contributed by atoms with Gasteiger partial charge in [0.25, 0.3) is 0 Å². The van der Waals surface area contributed by atoms with Crippen LogP contribution >= 0.6 is 27.7 Å². The van der Waals surface area contributed by atoms with E-state index in [1.54, 1.807) is 30.3 Å². The van der Waals surface area contributed by atoms with Gasteiger partial charge in [0.2, 0.25) is 5.78 Å². The standard InChI is InChI=1S/C17H11BrO4S/c18-11-5-6-13(22-9-16(19)20)10(7-11)8-15-17(21)12-3-1-2-4-14(12)23-15/h1-8H,9H2,(H,19,20)/b15-8-. The largest absolute Gasteiger partial charge is 0.481 e. The Morgan fingerprint density at radius 2 is 2.04 bits per heavy atom. The van der Waals surface area contributed by atoms with Gasteiger partial charge >= 0.3 is 5.97 Å². The second kappa shape index (κ2) is 6.60. The van der Waals surface area contributed by atoms with Crippen molar-refractivity contribution in [1.29, 1.82) is 0 Å². The van der Waals surface area contributed by atoms with Crippen LogP contribution in [0.25, 0.3) is 6.08 Å². The number of ketones is 1. The number of hydrogen-bond donors (Lipinski definition) is 1. The summed E-state index contributed by atoms with van der Waals surface area (Å²) in [5.74, 6) is -0.660. The molecule has 0 aliphatic carbocycles. The Labute approximate surface area is 145 Å². The second-order valence-corrected chi connectivity index (χ2v) is 6.80. The summed E-state index contributed by atoms with van der Waals surface area (Å²) >= 11 is 4.78. The molecule has 0 spiro atoms. The van der Waals surface area contributed by atoms with Crippen molar-refractivity contribution in [2.45, 2.75) is 4.90 Å². The van der Waals surface area contributed by atoms with Crippen molar-refractivity contribution in [1.82, 2.24) is 0 Å². The minimum atomic E-state index is -1.05. The third-order valence-electron chi connectivity index (χ3n) is 3.18. The first-order valence-corrected chi connectivity index (χ1v) is 8.33. The van der Waals surface area contributed by atoms with Gasteiger partial charge in [0, 0.05) is 20.5 Å². The van der Waals surface area contributed by atoms with Crippen LogP contribution in [0.3, 0.4) is 0 Å². The van der Waals surface area contributed by atoms with Crippen molar-refractivity contribution in [2.24, 2.45) is 0 Å². The minimum Gasteiger partial charge on any atom is -0.481 e. The summed E-state index contributed by atoms with van der Waals surface area (Å²) in [6, 6.07) is 12.7. The number of ether oxygens (including phenoxy) is 1. The molecule has 0 aromatic heterocycles. The molecule has 0 unspecified atom stereocenters. The summed E-state index contributed by atoms with van der Waals surface area (Å²) in [4.78, 5) is 24.6. The van der Waals surface area contributed by atoms with Gasteiger partial charge in [-0.05, 0) is 36.4 Å². The summed E-state index contributed by atoms with van der Waals surface area (Å²) in [5.41, 5.74) is 1.34. The van der Waals surface area contributed by atoms with Gasteiger partial charge in [0.1, 0.15) is 5.75 Å². The van der Waals surface area contributed by atoms with Crippen LogP contribution in [0.15, 0.2) is 56.7 Å². The van der Waals surface area contributed by atoms with Gasteiger partial charge in [-0.2, -0.15) is 0 Å². The molecule has 1 aliphatic rings. The Bertz CT molecular complexity index is 829.